The highest BCUT2D eigenvalue weighted by molar-refractivity contribution is 5.04. The third-order valence-corrected chi connectivity index (χ3v) is 4.29. The molecule has 0 amide bonds. The highest BCUT2D eigenvalue weighted by Crippen LogP contribution is 2.44. The summed E-state index contributed by atoms with van der Waals surface area (Å²) in [5, 5.41) is 2.25. The third-order valence-electron chi connectivity index (χ3n) is 4.29. The van der Waals surface area contributed by atoms with Crippen molar-refractivity contribution in [3.63, 3.8) is 0 Å². The first-order valence-corrected chi connectivity index (χ1v) is 6.28. The Morgan fingerprint density at radius 3 is 2.60 bits per heavy atom. The smallest absolute Gasteiger partial charge is 0.0575 e. The average molecular weight is 209 g/mol. The van der Waals surface area contributed by atoms with Crippen LogP contribution in [0.3, 0.4) is 0 Å². The molecular weight excluding hydrogens is 186 g/mol. The van der Waals surface area contributed by atoms with Gasteiger partial charge in [-0.25, -0.2) is 0 Å². The third kappa shape index (κ3) is 1.85. The molecule has 0 radical (unpaired) electrons. The van der Waals surface area contributed by atoms with E-state index in [0.717, 1.165) is 6.54 Å². The second-order valence-corrected chi connectivity index (χ2v) is 4.93. The average Bonchev–Trinajstić information content (AvgIpc) is 2.30. The Bertz CT molecular complexity index is 221. The quantitative estimate of drug-likeness (QED) is 0.648. The van der Waals surface area contributed by atoms with Gasteiger partial charge in [-0.15, -0.1) is 6.58 Å². The van der Waals surface area contributed by atoms with Gasteiger partial charge in [-0.3, -0.25) is 0 Å². The van der Waals surface area contributed by atoms with Crippen molar-refractivity contribution in [3.05, 3.63) is 12.7 Å². The molecule has 1 aliphatic carbocycles. The van der Waals surface area contributed by atoms with Crippen molar-refractivity contribution in [3.8, 4) is 0 Å². The lowest BCUT2D eigenvalue weighted by atomic mass is 9.69. The largest absolute Gasteiger partial charge is 0.302 e. The molecule has 1 unspecified atom stereocenters. The van der Waals surface area contributed by atoms with Crippen molar-refractivity contribution in [2.75, 3.05) is 13.7 Å². The fourth-order valence-corrected chi connectivity index (χ4v) is 3.53. The van der Waals surface area contributed by atoms with E-state index in [0.29, 0.717) is 5.92 Å². The van der Waals surface area contributed by atoms with Crippen molar-refractivity contribution < 1.29 is 4.84 Å². The summed E-state index contributed by atoms with van der Waals surface area (Å²) in [6, 6.07) is 0. The van der Waals surface area contributed by atoms with Crippen LogP contribution in [0.5, 0.6) is 0 Å². The zero-order valence-corrected chi connectivity index (χ0v) is 9.87. The van der Waals surface area contributed by atoms with Crippen LogP contribution < -0.4 is 0 Å². The van der Waals surface area contributed by atoms with E-state index < -0.39 is 0 Å². The zero-order valence-electron chi connectivity index (χ0n) is 9.87. The van der Waals surface area contributed by atoms with E-state index in [4.69, 9.17) is 4.84 Å². The summed E-state index contributed by atoms with van der Waals surface area (Å²) in [4.78, 5) is 5.60. The van der Waals surface area contributed by atoms with Crippen LogP contribution in [0.2, 0.25) is 0 Å². The molecule has 0 aromatic carbocycles. The molecular formula is C13H23NO. The molecule has 1 heterocycles. The molecule has 1 saturated heterocycles. The summed E-state index contributed by atoms with van der Waals surface area (Å²) in [7, 11) is 1.82. The minimum absolute atomic E-state index is 0.285. The maximum absolute atomic E-state index is 5.60. The maximum atomic E-state index is 5.60. The van der Waals surface area contributed by atoms with Crippen LogP contribution in [-0.4, -0.2) is 24.3 Å². The Kier molecular flexibility index (Phi) is 3.47. The molecule has 2 heteroatoms. The molecule has 86 valence electrons. The number of nitrogens with zero attached hydrogens (tertiary/aromatic N) is 1. The van der Waals surface area contributed by atoms with Crippen molar-refractivity contribution in [2.45, 2.75) is 50.5 Å². The first-order valence-electron chi connectivity index (χ1n) is 6.28. The molecule has 0 aromatic heterocycles. The van der Waals surface area contributed by atoms with Gasteiger partial charge in [0.05, 0.1) is 12.6 Å². The summed E-state index contributed by atoms with van der Waals surface area (Å²) < 4.78 is 0. The van der Waals surface area contributed by atoms with Gasteiger partial charge in [0, 0.05) is 6.54 Å². The minimum Gasteiger partial charge on any atom is -0.302 e. The molecule has 2 fully saturated rings. The fraction of sp³-hybridized carbons (Fsp3) is 0.846. The molecule has 0 bridgehead atoms. The lowest BCUT2D eigenvalue weighted by Crippen LogP contribution is -2.57. The van der Waals surface area contributed by atoms with Gasteiger partial charge in [-0.2, -0.15) is 5.06 Å². The van der Waals surface area contributed by atoms with Crippen LogP contribution in [0.15, 0.2) is 12.7 Å². The number of piperidine rings is 1. The maximum Gasteiger partial charge on any atom is 0.0575 e. The van der Waals surface area contributed by atoms with Crippen LogP contribution in [0.4, 0.5) is 0 Å². The van der Waals surface area contributed by atoms with E-state index in [1.54, 1.807) is 0 Å². The Hall–Kier alpha value is -0.340. The summed E-state index contributed by atoms with van der Waals surface area (Å²) in [6.45, 7) is 5.12. The summed E-state index contributed by atoms with van der Waals surface area (Å²) in [5.41, 5.74) is 0.285. The molecule has 0 aromatic rings. The summed E-state index contributed by atoms with van der Waals surface area (Å²) in [6.07, 6.45) is 11.4. The number of hydroxylamine groups is 2. The van der Waals surface area contributed by atoms with Gasteiger partial charge in [0.15, 0.2) is 0 Å². The van der Waals surface area contributed by atoms with Crippen LogP contribution in [-0.2, 0) is 4.84 Å². The van der Waals surface area contributed by atoms with Gasteiger partial charge in [-0.05, 0) is 31.6 Å². The van der Waals surface area contributed by atoms with Gasteiger partial charge in [0.25, 0.3) is 0 Å². The van der Waals surface area contributed by atoms with Crippen molar-refractivity contribution >= 4 is 0 Å². The SMILES string of the molecule is C=CC1CCCN(OC)C12CCCCC2. The monoisotopic (exact) mass is 209 g/mol. The van der Waals surface area contributed by atoms with Gasteiger partial charge < -0.3 is 4.84 Å². The predicted octanol–water partition coefficient (Wildman–Crippen LogP) is 3.15. The first-order chi connectivity index (χ1) is 7.33. The molecule has 2 rings (SSSR count). The van der Waals surface area contributed by atoms with Crippen LogP contribution in [0.1, 0.15) is 44.9 Å². The molecule has 2 aliphatic rings. The van der Waals surface area contributed by atoms with E-state index in [1.165, 1.54) is 44.9 Å². The summed E-state index contributed by atoms with van der Waals surface area (Å²) in [5.74, 6) is 0.631. The van der Waals surface area contributed by atoms with Crippen LogP contribution in [0, 0.1) is 5.92 Å². The minimum atomic E-state index is 0.285. The van der Waals surface area contributed by atoms with Crippen LogP contribution >= 0.6 is 0 Å². The Balaban J connectivity index is 2.21. The zero-order chi connectivity index (χ0) is 10.7. The van der Waals surface area contributed by atoms with E-state index in [2.05, 4.69) is 17.7 Å². The van der Waals surface area contributed by atoms with Crippen LogP contribution in [0.25, 0.3) is 0 Å². The number of hydrogen-bond acceptors (Lipinski definition) is 2. The van der Waals surface area contributed by atoms with Crippen molar-refractivity contribution in [2.24, 2.45) is 5.92 Å². The Labute approximate surface area is 93.2 Å². The van der Waals surface area contributed by atoms with Gasteiger partial charge >= 0.3 is 0 Å². The van der Waals surface area contributed by atoms with Crippen molar-refractivity contribution in [1.29, 1.82) is 0 Å². The lowest BCUT2D eigenvalue weighted by Gasteiger charge is -2.52. The second-order valence-electron chi connectivity index (χ2n) is 4.93. The predicted molar refractivity (Wildman–Crippen MR) is 62.5 cm³/mol. The van der Waals surface area contributed by atoms with E-state index >= 15 is 0 Å². The molecule has 2 nitrogen and oxygen atoms in total. The summed E-state index contributed by atoms with van der Waals surface area (Å²) >= 11 is 0. The van der Waals surface area contributed by atoms with E-state index in [9.17, 15) is 0 Å². The number of rotatable bonds is 2. The highest BCUT2D eigenvalue weighted by Gasteiger charge is 2.45. The fourth-order valence-electron chi connectivity index (χ4n) is 3.53. The Morgan fingerprint density at radius 2 is 2.00 bits per heavy atom. The van der Waals surface area contributed by atoms with Gasteiger partial charge in [-0.1, -0.05) is 25.3 Å². The first kappa shape index (κ1) is 11.2. The molecule has 0 N–H and O–H groups in total. The standard InChI is InChI=1S/C13H23NO/c1-3-12-8-7-11-14(15-2)13(12)9-5-4-6-10-13/h3,12H,1,4-11H2,2H3. The second kappa shape index (κ2) is 4.67. The topological polar surface area (TPSA) is 12.5 Å². The van der Waals surface area contributed by atoms with Crippen molar-refractivity contribution in [1.82, 2.24) is 5.06 Å². The normalized spacial score (nSPS) is 31.7. The molecule has 1 aliphatic heterocycles. The lowest BCUT2D eigenvalue weighted by molar-refractivity contribution is -0.238. The van der Waals surface area contributed by atoms with E-state index in [-0.39, 0.29) is 5.54 Å². The molecule has 15 heavy (non-hydrogen) atoms. The Morgan fingerprint density at radius 1 is 1.27 bits per heavy atom. The van der Waals surface area contributed by atoms with Gasteiger partial charge in [0.1, 0.15) is 0 Å². The number of hydrogen-bond donors (Lipinski definition) is 0. The molecule has 1 atom stereocenters. The highest BCUT2D eigenvalue weighted by atomic mass is 16.7. The molecule has 1 saturated carbocycles. The van der Waals surface area contributed by atoms with Gasteiger partial charge in [0.2, 0.25) is 0 Å². The molecule has 1 spiro atoms. The van der Waals surface area contributed by atoms with E-state index in [1.807, 2.05) is 7.11 Å².